The summed E-state index contributed by atoms with van der Waals surface area (Å²) in [5, 5.41) is 10.5. The van der Waals surface area contributed by atoms with Crippen LogP contribution in [0.25, 0.3) is 0 Å². The minimum atomic E-state index is -0.466. The van der Waals surface area contributed by atoms with E-state index < -0.39 is 11.8 Å². The van der Waals surface area contributed by atoms with Gasteiger partial charge in [0.2, 0.25) is 0 Å². The number of thioether (sulfide) groups is 2. The van der Waals surface area contributed by atoms with Crippen LogP contribution in [0, 0.1) is 0 Å². The molecule has 0 fully saturated rings. The smallest absolute Gasteiger partial charge is 0.281 e. The number of imide groups is 1. The number of carbonyl (C=O) groups excluding carboxylic acids is 2. The molecular formula is C7H11N5O2S2+2. The lowest BCUT2D eigenvalue weighted by molar-refractivity contribution is -0.135. The molecule has 0 radical (unpaired) electrons. The van der Waals surface area contributed by atoms with Crippen LogP contribution in [0.1, 0.15) is 0 Å². The van der Waals surface area contributed by atoms with Crippen molar-refractivity contribution < 1.29 is 20.4 Å². The SMILES string of the molecule is CN1C(=O)C(SC(N)=[NH2+])=C(SC(N)=[NH2+])C1=O. The van der Waals surface area contributed by atoms with E-state index in [9.17, 15) is 9.59 Å². The average Bonchev–Trinajstić information content (AvgIpc) is 2.34. The number of amides is 2. The lowest BCUT2D eigenvalue weighted by atomic mass is 10.5. The summed E-state index contributed by atoms with van der Waals surface area (Å²) in [7, 11) is 1.36. The molecule has 0 aliphatic carbocycles. The van der Waals surface area contributed by atoms with E-state index in [4.69, 9.17) is 22.3 Å². The van der Waals surface area contributed by atoms with Crippen LogP contribution < -0.4 is 22.3 Å². The van der Waals surface area contributed by atoms with Gasteiger partial charge in [-0.3, -0.25) is 36.8 Å². The Morgan fingerprint density at radius 2 is 1.38 bits per heavy atom. The highest BCUT2D eigenvalue weighted by Crippen LogP contribution is 2.34. The molecule has 0 aromatic carbocycles. The van der Waals surface area contributed by atoms with E-state index in [-0.39, 0.29) is 20.1 Å². The van der Waals surface area contributed by atoms with Gasteiger partial charge in [-0.2, -0.15) is 0 Å². The molecule has 0 aromatic heterocycles. The average molecular weight is 261 g/mol. The number of rotatable bonds is 2. The van der Waals surface area contributed by atoms with E-state index in [0.717, 1.165) is 28.4 Å². The van der Waals surface area contributed by atoms with Crippen LogP contribution in [-0.4, -0.2) is 34.1 Å². The summed E-state index contributed by atoms with van der Waals surface area (Å²) in [6.45, 7) is 0. The van der Waals surface area contributed by atoms with E-state index >= 15 is 0 Å². The maximum Gasteiger partial charge on any atom is 0.304 e. The molecule has 1 aliphatic rings. The summed E-state index contributed by atoms with van der Waals surface area (Å²) in [5.41, 5.74) is 10.6. The Morgan fingerprint density at radius 1 is 1.06 bits per heavy atom. The first-order chi connectivity index (χ1) is 7.34. The summed E-state index contributed by atoms with van der Waals surface area (Å²) in [6, 6.07) is 0. The predicted molar refractivity (Wildman–Crippen MR) is 62.2 cm³/mol. The molecule has 7 nitrogen and oxygen atoms in total. The van der Waals surface area contributed by atoms with E-state index in [1.165, 1.54) is 7.05 Å². The van der Waals surface area contributed by atoms with Gasteiger partial charge in [-0.25, -0.2) is 0 Å². The summed E-state index contributed by atoms with van der Waals surface area (Å²) >= 11 is 1.64. The molecule has 1 heterocycles. The number of amidine groups is 2. The summed E-state index contributed by atoms with van der Waals surface area (Å²) in [6.07, 6.45) is 0. The first kappa shape index (κ1) is 12.6. The Kier molecular flexibility index (Phi) is 3.60. The van der Waals surface area contributed by atoms with Gasteiger partial charge in [0.1, 0.15) is 9.81 Å². The number of hydrogen-bond acceptors (Lipinski definition) is 4. The molecule has 1 aliphatic heterocycles. The molecule has 16 heavy (non-hydrogen) atoms. The van der Waals surface area contributed by atoms with Crippen molar-refractivity contribution in [1.29, 1.82) is 0 Å². The molecule has 0 saturated carbocycles. The second-order valence-electron chi connectivity index (χ2n) is 2.84. The van der Waals surface area contributed by atoms with Gasteiger partial charge >= 0.3 is 10.3 Å². The minimum absolute atomic E-state index is 0.0276. The van der Waals surface area contributed by atoms with Gasteiger partial charge in [0.25, 0.3) is 11.8 Å². The number of likely N-dealkylation sites (N-methyl/N-ethyl adjacent to an activating group) is 1. The molecule has 86 valence electrons. The molecule has 0 saturated heterocycles. The van der Waals surface area contributed by atoms with Crippen LogP contribution in [0.4, 0.5) is 0 Å². The van der Waals surface area contributed by atoms with E-state index in [0.29, 0.717) is 0 Å². The molecule has 0 aromatic rings. The zero-order valence-electron chi connectivity index (χ0n) is 8.39. The third-order valence-electron chi connectivity index (χ3n) is 1.64. The van der Waals surface area contributed by atoms with Crippen molar-refractivity contribution in [2.45, 2.75) is 0 Å². The maximum atomic E-state index is 11.6. The molecule has 0 spiro atoms. The lowest BCUT2D eigenvalue weighted by Crippen LogP contribution is -2.44. The van der Waals surface area contributed by atoms with Gasteiger partial charge in [0, 0.05) is 30.6 Å². The first-order valence-corrected chi connectivity index (χ1v) is 5.66. The molecule has 9 heteroatoms. The fourth-order valence-corrected chi connectivity index (χ4v) is 2.54. The number of carbonyl (C=O) groups is 2. The highest BCUT2D eigenvalue weighted by atomic mass is 32.2. The zero-order valence-corrected chi connectivity index (χ0v) is 10.0. The van der Waals surface area contributed by atoms with Crippen LogP contribution >= 0.6 is 23.5 Å². The Bertz CT molecular complexity index is 392. The normalized spacial score (nSPS) is 15.9. The Labute approximate surface area is 99.6 Å². The van der Waals surface area contributed by atoms with Gasteiger partial charge in [0.15, 0.2) is 0 Å². The van der Waals surface area contributed by atoms with Gasteiger partial charge < -0.3 is 0 Å². The lowest BCUT2D eigenvalue weighted by Gasteiger charge is -2.04. The van der Waals surface area contributed by atoms with Crippen LogP contribution in [0.3, 0.4) is 0 Å². The fraction of sp³-hybridized carbons (Fsp3) is 0.143. The van der Waals surface area contributed by atoms with Gasteiger partial charge in [-0.15, -0.1) is 0 Å². The van der Waals surface area contributed by atoms with Gasteiger partial charge in [0.05, 0.1) is 0 Å². The maximum absolute atomic E-state index is 11.6. The zero-order chi connectivity index (χ0) is 12.5. The molecule has 0 bridgehead atoms. The van der Waals surface area contributed by atoms with Crippen molar-refractivity contribution in [3.05, 3.63) is 9.81 Å². The predicted octanol–water partition coefficient (Wildman–Crippen LogP) is -4.19. The van der Waals surface area contributed by atoms with Gasteiger partial charge in [-0.05, 0) is 0 Å². The Hall–Kier alpha value is -1.48. The molecular weight excluding hydrogens is 250 g/mol. The molecule has 0 unspecified atom stereocenters. The number of hydrogen-bond donors (Lipinski definition) is 4. The van der Waals surface area contributed by atoms with Crippen LogP contribution in [0.15, 0.2) is 9.81 Å². The monoisotopic (exact) mass is 261 g/mol. The molecule has 0 atom stereocenters. The van der Waals surface area contributed by atoms with Crippen molar-refractivity contribution >= 4 is 45.7 Å². The topological polar surface area (TPSA) is 141 Å². The summed E-state index contributed by atoms with van der Waals surface area (Å²) < 4.78 is 0. The highest BCUT2D eigenvalue weighted by Gasteiger charge is 2.38. The highest BCUT2D eigenvalue weighted by molar-refractivity contribution is 8.21. The summed E-state index contributed by atoms with van der Waals surface area (Å²) in [5.74, 6) is -0.931. The van der Waals surface area contributed by atoms with E-state index in [1.807, 2.05) is 0 Å². The second-order valence-corrected chi connectivity index (χ2v) is 5.00. The van der Waals surface area contributed by atoms with Crippen LogP contribution in [0.2, 0.25) is 0 Å². The molecule has 2 amide bonds. The number of nitrogens with two attached hydrogens (primary N) is 4. The minimum Gasteiger partial charge on any atom is -0.281 e. The quantitative estimate of drug-likeness (QED) is 0.226. The Balaban J connectivity index is 3.12. The largest absolute Gasteiger partial charge is 0.304 e. The standard InChI is InChI=1S/C7H9N5O2S2/c1-12-4(13)2(15-6(8)9)3(5(12)14)16-7(10)11/h1H3,(H3,8,9)(H3,10,11)/p+2. The fourth-order valence-electron chi connectivity index (χ4n) is 1.01. The Morgan fingerprint density at radius 3 is 1.62 bits per heavy atom. The van der Waals surface area contributed by atoms with Crippen molar-refractivity contribution in [2.75, 3.05) is 7.05 Å². The van der Waals surface area contributed by atoms with E-state index in [2.05, 4.69) is 0 Å². The first-order valence-electron chi connectivity index (χ1n) is 4.02. The number of nitrogens with zero attached hydrogens (tertiary/aromatic N) is 1. The third-order valence-corrected chi connectivity index (χ3v) is 3.41. The van der Waals surface area contributed by atoms with E-state index in [1.54, 1.807) is 0 Å². The third kappa shape index (κ3) is 2.36. The van der Waals surface area contributed by atoms with Gasteiger partial charge in [-0.1, -0.05) is 0 Å². The van der Waals surface area contributed by atoms with Crippen molar-refractivity contribution in [2.24, 2.45) is 11.5 Å². The molecule has 1 rings (SSSR count). The van der Waals surface area contributed by atoms with Crippen molar-refractivity contribution in [3.8, 4) is 0 Å². The van der Waals surface area contributed by atoms with Crippen molar-refractivity contribution in [1.82, 2.24) is 4.90 Å². The van der Waals surface area contributed by atoms with Crippen LogP contribution in [0.5, 0.6) is 0 Å². The molecule has 8 N–H and O–H groups in total. The second kappa shape index (κ2) is 4.58. The van der Waals surface area contributed by atoms with Crippen molar-refractivity contribution in [3.63, 3.8) is 0 Å². The summed E-state index contributed by atoms with van der Waals surface area (Å²) in [4.78, 5) is 24.5. The van der Waals surface area contributed by atoms with Crippen LogP contribution in [-0.2, 0) is 9.59 Å².